The highest BCUT2D eigenvalue weighted by molar-refractivity contribution is 4.38. The van der Waals surface area contributed by atoms with Gasteiger partial charge in [-0.15, -0.1) is 0 Å². The van der Waals surface area contributed by atoms with Crippen molar-refractivity contribution in [3.63, 3.8) is 0 Å². The van der Waals surface area contributed by atoms with Crippen LogP contribution in [0, 0.1) is 0 Å². The average molecular weight is 118 g/mol. The Bertz CT molecular complexity index is 18.5. The maximum absolute atomic E-state index is 5.16. The van der Waals surface area contributed by atoms with Crippen molar-refractivity contribution >= 4 is 0 Å². The number of unbranched alkanes of at least 4 members (excludes halogenated alkanes) is 1. The monoisotopic (exact) mass is 118 g/mol. The van der Waals surface area contributed by atoms with Gasteiger partial charge in [-0.1, -0.05) is 13.8 Å². The van der Waals surface area contributed by atoms with E-state index in [4.69, 9.17) is 11.5 Å². The molecular formula is C6H18N2. The largest absolute Gasteiger partial charge is 0.330 e. The third kappa shape index (κ3) is 16.8. The first-order chi connectivity index (χ1) is 3.91. The van der Waals surface area contributed by atoms with Gasteiger partial charge in [-0.05, 0) is 25.9 Å². The summed E-state index contributed by atoms with van der Waals surface area (Å²) < 4.78 is 0. The summed E-state index contributed by atoms with van der Waals surface area (Å²) in [7, 11) is 0. The fourth-order valence-corrected chi connectivity index (χ4v) is 0.289. The molecule has 4 N–H and O–H groups in total. The number of rotatable bonds is 3. The molecule has 0 aliphatic rings. The standard InChI is InChI=1S/C4H12N2.C2H6/c5-3-1-2-4-6;1-2/h1-6H2;1-2H3. The van der Waals surface area contributed by atoms with Crippen LogP contribution in [0.4, 0.5) is 0 Å². The van der Waals surface area contributed by atoms with Gasteiger partial charge in [-0.2, -0.15) is 0 Å². The summed E-state index contributed by atoms with van der Waals surface area (Å²) in [6.07, 6.45) is 2.13. The van der Waals surface area contributed by atoms with Crippen LogP contribution in [0.3, 0.4) is 0 Å². The van der Waals surface area contributed by atoms with Crippen molar-refractivity contribution in [2.45, 2.75) is 26.7 Å². The zero-order valence-corrected chi connectivity index (χ0v) is 5.98. The lowest BCUT2D eigenvalue weighted by Crippen LogP contribution is -2.03. The highest BCUT2D eigenvalue weighted by Gasteiger charge is 1.75. The summed E-state index contributed by atoms with van der Waals surface area (Å²) in [5.41, 5.74) is 10.3. The van der Waals surface area contributed by atoms with Crippen LogP contribution in [0.15, 0.2) is 0 Å². The van der Waals surface area contributed by atoms with Gasteiger partial charge in [0.1, 0.15) is 0 Å². The zero-order valence-electron chi connectivity index (χ0n) is 5.98. The minimum atomic E-state index is 0.775. The molecule has 0 aromatic rings. The molecule has 0 bridgehead atoms. The predicted molar refractivity (Wildman–Crippen MR) is 38.7 cm³/mol. The van der Waals surface area contributed by atoms with E-state index in [2.05, 4.69) is 0 Å². The molecule has 8 heavy (non-hydrogen) atoms. The van der Waals surface area contributed by atoms with Gasteiger partial charge in [0.15, 0.2) is 0 Å². The van der Waals surface area contributed by atoms with Crippen LogP contribution in [-0.2, 0) is 0 Å². The molecule has 0 saturated heterocycles. The first-order valence-electron chi connectivity index (χ1n) is 3.32. The molecule has 0 fully saturated rings. The van der Waals surface area contributed by atoms with E-state index in [1.165, 1.54) is 0 Å². The SMILES string of the molecule is CC.NCCCCN. The van der Waals surface area contributed by atoms with Gasteiger partial charge in [0.25, 0.3) is 0 Å². The van der Waals surface area contributed by atoms with Gasteiger partial charge >= 0.3 is 0 Å². The normalized spacial score (nSPS) is 7.50. The van der Waals surface area contributed by atoms with Gasteiger partial charge in [0, 0.05) is 0 Å². The molecule has 0 aliphatic carbocycles. The van der Waals surface area contributed by atoms with Crippen molar-refractivity contribution in [3.8, 4) is 0 Å². The number of hydrogen-bond acceptors (Lipinski definition) is 2. The predicted octanol–water partition coefficient (Wildman–Crippen LogP) is 0.710. The van der Waals surface area contributed by atoms with E-state index in [1.807, 2.05) is 13.8 Å². The average Bonchev–Trinajstić information content (AvgIpc) is 1.88. The fraction of sp³-hybridized carbons (Fsp3) is 1.00. The lowest BCUT2D eigenvalue weighted by molar-refractivity contribution is 0.755. The van der Waals surface area contributed by atoms with E-state index in [-0.39, 0.29) is 0 Å². The summed E-state index contributed by atoms with van der Waals surface area (Å²) in [5.74, 6) is 0. The third-order valence-electron chi connectivity index (χ3n) is 0.658. The van der Waals surface area contributed by atoms with Crippen LogP contribution < -0.4 is 11.5 Å². The Morgan fingerprint density at radius 3 is 1.25 bits per heavy atom. The summed E-state index contributed by atoms with van der Waals surface area (Å²) in [5, 5.41) is 0. The summed E-state index contributed by atoms with van der Waals surface area (Å²) >= 11 is 0. The molecule has 0 rings (SSSR count). The molecule has 0 spiro atoms. The van der Waals surface area contributed by atoms with E-state index < -0.39 is 0 Å². The van der Waals surface area contributed by atoms with E-state index in [0.717, 1.165) is 25.9 Å². The minimum Gasteiger partial charge on any atom is -0.330 e. The van der Waals surface area contributed by atoms with E-state index in [9.17, 15) is 0 Å². The highest BCUT2D eigenvalue weighted by Crippen LogP contribution is 1.77. The third-order valence-corrected chi connectivity index (χ3v) is 0.658. The van der Waals surface area contributed by atoms with Crippen LogP contribution >= 0.6 is 0 Å². The van der Waals surface area contributed by atoms with Gasteiger partial charge in [0.05, 0.1) is 0 Å². The Labute approximate surface area is 52.2 Å². The Balaban J connectivity index is 0. The molecule has 52 valence electrons. The molecule has 0 aromatic heterocycles. The number of hydrogen-bond donors (Lipinski definition) is 2. The van der Waals surface area contributed by atoms with Crippen LogP contribution in [-0.4, -0.2) is 13.1 Å². The lowest BCUT2D eigenvalue weighted by Gasteiger charge is -1.87. The van der Waals surface area contributed by atoms with Crippen molar-refractivity contribution < 1.29 is 0 Å². The van der Waals surface area contributed by atoms with Gasteiger partial charge in [-0.25, -0.2) is 0 Å². The Morgan fingerprint density at radius 1 is 0.875 bits per heavy atom. The maximum Gasteiger partial charge on any atom is -0.00768 e. The number of nitrogens with two attached hydrogens (primary N) is 2. The second-order valence-electron chi connectivity index (χ2n) is 1.28. The topological polar surface area (TPSA) is 52.0 Å². The second-order valence-corrected chi connectivity index (χ2v) is 1.28. The van der Waals surface area contributed by atoms with E-state index >= 15 is 0 Å². The van der Waals surface area contributed by atoms with E-state index in [0.29, 0.717) is 0 Å². The van der Waals surface area contributed by atoms with Crippen LogP contribution in [0.5, 0.6) is 0 Å². The highest BCUT2D eigenvalue weighted by atomic mass is 14.5. The molecule has 2 nitrogen and oxygen atoms in total. The first kappa shape index (κ1) is 10.8. The quantitative estimate of drug-likeness (QED) is 0.536. The van der Waals surface area contributed by atoms with Crippen molar-refractivity contribution in [1.29, 1.82) is 0 Å². The molecule has 0 amide bonds. The van der Waals surface area contributed by atoms with Crippen LogP contribution in [0.1, 0.15) is 26.7 Å². The molecular weight excluding hydrogens is 100 g/mol. The maximum atomic E-state index is 5.16. The zero-order chi connectivity index (χ0) is 6.83. The van der Waals surface area contributed by atoms with Gasteiger partial charge in [0.2, 0.25) is 0 Å². The van der Waals surface area contributed by atoms with Crippen molar-refractivity contribution in [2.24, 2.45) is 11.5 Å². The van der Waals surface area contributed by atoms with Crippen LogP contribution in [0.25, 0.3) is 0 Å². The molecule has 0 atom stereocenters. The summed E-state index contributed by atoms with van der Waals surface area (Å²) in [4.78, 5) is 0. The van der Waals surface area contributed by atoms with Crippen molar-refractivity contribution in [2.75, 3.05) is 13.1 Å². The minimum absolute atomic E-state index is 0.775. The first-order valence-corrected chi connectivity index (χ1v) is 3.32. The fourth-order valence-electron chi connectivity index (χ4n) is 0.289. The van der Waals surface area contributed by atoms with Crippen molar-refractivity contribution in [3.05, 3.63) is 0 Å². The Morgan fingerprint density at radius 2 is 1.12 bits per heavy atom. The molecule has 0 saturated carbocycles. The molecule has 0 radical (unpaired) electrons. The van der Waals surface area contributed by atoms with Gasteiger partial charge in [-0.3, -0.25) is 0 Å². The smallest absolute Gasteiger partial charge is 0.00768 e. The van der Waals surface area contributed by atoms with Crippen molar-refractivity contribution in [1.82, 2.24) is 0 Å². The Kier molecular flexibility index (Phi) is 21.3. The van der Waals surface area contributed by atoms with Gasteiger partial charge < -0.3 is 11.5 Å². The molecule has 0 aromatic carbocycles. The summed E-state index contributed by atoms with van der Waals surface area (Å²) in [6, 6.07) is 0. The van der Waals surface area contributed by atoms with E-state index in [1.54, 1.807) is 0 Å². The van der Waals surface area contributed by atoms with Crippen LogP contribution in [0.2, 0.25) is 0 Å². The second kappa shape index (κ2) is 15.8. The molecule has 0 aliphatic heterocycles. The lowest BCUT2D eigenvalue weighted by atomic mass is 10.3. The molecule has 0 unspecified atom stereocenters. The molecule has 2 heteroatoms. The summed E-state index contributed by atoms with van der Waals surface area (Å²) in [6.45, 7) is 5.55. The molecule has 0 heterocycles. The Hall–Kier alpha value is -0.0800.